The number of piperidine rings is 1. The fourth-order valence-electron chi connectivity index (χ4n) is 4.19. The number of hydrogen-bond donors (Lipinski definition) is 0. The Bertz CT molecular complexity index is 799. The molecule has 2 aliphatic heterocycles. The molecule has 2 fully saturated rings. The summed E-state index contributed by atoms with van der Waals surface area (Å²) in [5.74, 6) is -0.280. The number of anilines is 2. The van der Waals surface area contributed by atoms with Crippen LogP contribution < -0.4 is 9.80 Å². The molecule has 3 aliphatic rings. The van der Waals surface area contributed by atoms with E-state index in [-0.39, 0.29) is 17.2 Å². The third kappa shape index (κ3) is 2.57. The second kappa shape index (κ2) is 5.73. The second-order valence-electron chi connectivity index (χ2n) is 8.00. The number of benzene rings is 1. The van der Waals surface area contributed by atoms with E-state index in [1.54, 1.807) is 18.7 Å². The first-order valence-electron chi connectivity index (χ1n) is 9.25. The molecule has 5 nitrogen and oxygen atoms in total. The number of sulfone groups is 1. The van der Waals surface area contributed by atoms with E-state index in [1.165, 1.54) is 6.42 Å². The Kier molecular flexibility index (Phi) is 3.87. The zero-order valence-corrected chi connectivity index (χ0v) is 15.8. The van der Waals surface area contributed by atoms with E-state index in [9.17, 15) is 13.2 Å². The standard InChI is InChI=1S/C19H26N2O3S/c1-19(2,25(23,24)15-10-11-15)18(22)21-13-14-7-5-6-12-20(14)16-8-3-4-9-17(16)21/h3-4,8-9,14-15H,5-7,10-13H2,1-2H3/t14-/m0/s1. The molecule has 1 aromatic carbocycles. The molecule has 0 aromatic heterocycles. The first-order valence-corrected chi connectivity index (χ1v) is 10.8. The molecule has 1 saturated carbocycles. The summed E-state index contributed by atoms with van der Waals surface area (Å²) >= 11 is 0. The van der Waals surface area contributed by atoms with Crippen molar-refractivity contribution in [2.75, 3.05) is 22.9 Å². The third-order valence-electron chi connectivity index (χ3n) is 5.94. The van der Waals surface area contributed by atoms with Gasteiger partial charge in [0.25, 0.3) is 0 Å². The van der Waals surface area contributed by atoms with Crippen molar-refractivity contribution in [3.63, 3.8) is 0 Å². The number of fused-ring (bicyclic) bond motifs is 3. The molecule has 0 bridgehead atoms. The van der Waals surface area contributed by atoms with Crippen molar-refractivity contribution in [3.05, 3.63) is 24.3 Å². The highest BCUT2D eigenvalue weighted by Gasteiger charge is 2.53. The van der Waals surface area contributed by atoms with Crippen molar-refractivity contribution in [1.82, 2.24) is 0 Å². The Morgan fingerprint density at radius 1 is 1.08 bits per heavy atom. The van der Waals surface area contributed by atoms with Crippen LogP contribution in [0.5, 0.6) is 0 Å². The number of hydrogen-bond acceptors (Lipinski definition) is 4. The molecular weight excluding hydrogens is 336 g/mol. The topological polar surface area (TPSA) is 57.7 Å². The lowest BCUT2D eigenvalue weighted by Crippen LogP contribution is -2.58. The molecule has 25 heavy (non-hydrogen) atoms. The lowest BCUT2D eigenvalue weighted by molar-refractivity contribution is -0.120. The zero-order valence-electron chi connectivity index (χ0n) is 14.9. The molecule has 1 saturated heterocycles. The van der Waals surface area contributed by atoms with E-state index >= 15 is 0 Å². The molecule has 0 N–H and O–H groups in total. The minimum absolute atomic E-state index is 0.280. The molecule has 6 heteroatoms. The summed E-state index contributed by atoms with van der Waals surface area (Å²) in [7, 11) is -3.45. The van der Waals surface area contributed by atoms with Gasteiger partial charge in [0, 0.05) is 19.1 Å². The number of amides is 1. The molecule has 1 atom stereocenters. The van der Waals surface area contributed by atoms with Crippen molar-refractivity contribution in [1.29, 1.82) is 0 Å². The molecule has 1 aromatic rings. The predicted octanol–water partition coefficient (Wildman–Crippen LogP) is 2.75. The number of rotatable bonds is 3. The van der Waals surface area contributed by atoms with Gasteiger partial charge in [-0.15, -0.1) is 0 Å². The Morgan fingerprint density at radius 3 is 2.44 bits per heavy atom. The van der Waals surface area contributed by atoms with Crippen molar-refractivity contribution in [2.45, 2.75) is 62.0 Å². The maximum absolute atomic E-state index is 13.4. The number of para-hydroxylation sites is 2. The van der Waals surface area contributed by atoms with Crippen LogP contribution >= 0.6 is 0 Å². The van der Waals surface area contributed by atoms with Crippen molar-refractivity contribution < 1.29 is 13.2 Å². The normalized spacial score (nSPS) is 23.8. The van der Waals surface area contributed by atoms with Crippen molar-refractivity contribution in [3.8, 4) is 0 Å². The summed E-state index contributed by atoms with van der Waals surface area (Å²) in [6.45, 7) is 4.75. The third-order valence-corrected chi connectivity index (χ3v) is 8.88. The van der Waals surface area contributed by atoms with E-state index in [2.05, 4.69) is 11.0 Å². The van der Waals surface area contributed by atoms with E-state index in [0.29, 0.717) is 19.4 Å². The minimum Gasteiger partial charge on any atom is -0.365 e. The zero-order chi connectivity index (χ0) is 17.8. The van der Waals surface area contributed by atoms with Gasteiger partial charge in [0.1, 0.15) is 4.75 Å². The first-order chi connectivity index (χ1) is 11.8. The summed E-state index contributed by atoms with van der Waals surface area (Å²) in [5.41, 5.74) is 1.91. The lowest BCUT2D eigenvalue weighted by Gasteiger charge is -2.47. The van der Waals surface area contributed by atoms with Gasteiger partial charge in [-0.05, 0) is 58.1 Å². The smallest absolute Gasteiger partial charge is 0.248 e. The van der Waals surface area contributed by atoms with Crippen LogP contribution in [0, 0.1) is 0 Å². The highest BCUT2D eigenvalue weighted by atomic mass is 32.2. The molecule has 0 radical (unpaired) electrons. The van der Waals surface area contributed by atoms with Crippen LogP contribution in [0.25, 0.3) is 0 Å². The van der Waals surface area contributed by atoms with Crippen LogP contribution in [0.2, 0.25) is 0 Å². The fraction of sp³-hybridized carbons (Fsp3) is 0.632. The van der Waals surface area contributed by atoms with Crippen molar-refractivity contribution >= 4 is 27.1 Å². The molecular formula is C19H26N2O3S. The Hall–Kier alpha value is -1.56. The predicted molar refractivity (Wildman–Crippen MR) is 99.8 cm³/mol. The summed E-state index contributed by atoms with van der Waals surface area (Å²) in [6.07, 6.45) is 4.75. The van der Waals surface area contributed by atoms with Gasteiger partial charge in [0.15, 0.2) is 9.84 Å². The lowest BCUT2D eigenvalue weighted by atomic mass is 9.96. The van der Waals surface area contributed by atoms with Gasteiger partial charge in [-0.1, -0.05) is 12.1 Å². The first kappa shape index (κ1) is 16.9. The van der Waals surface area contributed by atoms with E-state index in [1.807, 2.05) is 18.2 Å². The van der Waals surface area contributed by atoms with Crippen LogP contribution in [-0.4, -0.2) is 43.5 Å². The van der Waals surface area contributed by atoms with Gasteiger partial charge in [-0.2, -0.15) is 0 Å². The monoisotopic (exact) mass is 362 g/mol. The SMILES string of the molecule is CC(C)(C(=O)N1C[C@@H]2CCCCN2c2ccccc21)S(=O)(=O)C1CC1. The number of carbonyl (C=O) groups is 1. The van der Waals surface area contributed by atoms with Crippen LogP contribution in [-0.2, 0) is 14.6 Å². The summed E-state index contributed by atoms with van der Waals surface area (Å²) < 4.78 is 24.3. The highest BCUT2D eigenvalue weighted by molar-refractivity contribution is 7.94. The van der Waals surface area contributed by atoms with Crippen LogP contribution in [0.4, 0.5) is 11.4 Å². The van der Waals surface area contributed by atoms with Crippen molar-refractivity contribution in [2.24, 2.45) is 0 Å². The molecule has 4 rings (SSSR count). The van der Waals surface area contributed by atoms with E-state index in [4.69, 9.17) is 0 Å². The average Bonchev–Trinajstić information content (AvgIpc) is 3.46. The van der Waals surface area contributed by atoms with Gasteiger partial charge in [0.05, 0.1) is 16.6 Å². The molecule has 2 heterocycles. The quantitative estimate of drug-likeness (QED) is 0.830. The molecule has 0 spiro atoms. The number of nitrogens with zero attached hydrogens (tertiary/aromatic N) is 2. The van der Waals surface area contributed by atoms with E-state index in [0.717, 1.165) is 30.8 Å². The maximum atomic E-state index is 13.4. The maximum Gasteiger partial charge on any atom is 0.248 e. The van der Waals surface area contributed by atoms with Gasteiger partial charge >= 0.3 is 0 Å². The van der Waals surface area contributed by atoms with Gasteiger partial charge < -0.3 is 9.80 Å². The Morgan fingerprint density at radius 2 is 1.76 bits per heavy atom. The van der Waals surface area contributed by atoms with Crippen LogP contribution in [0.1, 0.15) is 46.0 Å². The van der Waals surface area contributed by atoms with Crippen LogP contribution in [0.15, 0.2) is 24.3 Å². The second-order valence-corrected chi connectivity index (χ2v) is 10.8. The molecule has 1 amide bonds. The van der Waals surface area contributed by atoms with Gasteiger partial charge in [0.2, 0.25) is 5.91 Å². The van der Waals surface area contributed by atoms with E-state index < -0.39 is 14.6 Å². The Labute approximate surface area is 149 Å². The Balaban J connectivity index is 1.73. The fourth-order valence-corrected chi connectivity index (χ4v) is 6.13. The minimum atomic E-state index is -3.45. The molecule has 136 valence electrons. The molecule has 0 unspecified atom stereocenters. The largest absolute Gasteiger partial charge is 0.365 e. The molecule has 1 aliphatic carbocycles. The van der Waals surface area contributed by atoms with Gasteiger partial charge in [-0.25, -0.2) is 8.42 Å². The van der Waals surface area contributed by atoms with Gasteiger partial charge in [-0.3, -0.25) is 4.79 Å². The highest BCUT2D eigenvalue weighted by Crippen LogP contribution is 2.42. The number of carbonyl (C=O) groups excluding carboxylic acids is 1. The summed E-state index contributed by atoms with van der Waals surface area (Å²) in [5, 5.41) is -0.335. The average molecular weight is 362 g/mol. The van der Waals surface area contributed by atoms with Crippen LogP contribution in [0.3, 0.4) is 0 Å². The summed E-state index contributed by atoms with van der Waals surface area (Å²) in [4.78, 5) is 17.5. The summed E-state index contributed by atoms with van der Waals surface area (Å²) in [6, 6.07) is 8.19.